The molecule has 1 fully saturated rings. The molecule has 2 aliphatic rings. The second kappa shape index (κ2) is 8.46. The zero-order valence-corrected chi connectivity index (χ0v) is 18.8. The van der Waals surface area contributed by atoms with Gasteiger partial charge >= 0.3 is 5.97 Å². The summed E-state index contributed by atoms with van der Waals surface area (Å²) in [6.07, 6.45) is 0.480. The molecule has 4 rings (SSSR count). The third kappa shape index (κ3) is 4.47. The van der Waals surface area contributed by atoms with E-state index in [4.69, 9.17) is 9.47 Å². The van der Waals surface area contributed by atoms with Crippen LogP contribution >= 0.6 is 0 Å². The van der Waals surface area contributed by atoms with Gasteiger partial charge in [0, 0.05) is 24.6 Å². The molecular weight excluding hydrogens is 434 g/mol. The van der Waals surface area contributed by atoms with Crippen molar-refractivity contribution in [1.29, 1.82) is 0 Å². The first-order valence-corrected chi connectivity index (χ1v) is 10.8. The largest absolute Gasteiger partial charge is 0.461 e. The summed E-state index contributed by atoms with van der Waals surface area (Å²) in [4.78, 5) is 31.5. The molecule has 1 saturated heterocycles. The van der Waals surface area contributed by atoms with Crippen LogP contribution in [0.1, 0.15) is 48.9 Å². The molecule has 33 heavy (non-hydrogen) atoms. The summed E-state index contributed by atoms with van der Waals surface area (Å²) in [6, 6.07) is 4.67. The Bertz CT molecular complexity index is 1120. The first-order valence-electron chi connectivity index (χ1n) is 10.8. The minimum Gasteiger partial charge on any atom is -0.461 e. The summed E-state index contributed by atoms with van der Waals surface area (Å²) in [7, 11) is 0. The molecule has 1 N–H and O–H groups in total. The molecule has 1 aromatic carbocycles. The van der Waals surface area contributed by atoms with Crippen molar-refractivity contribution < 1.29 is 33.0 Å². The third-order valence-corrected chi connectivity index (χ3v) is 5.99. The van der Waals surface area contributed by atoms with E-state index in [1.807, 2.05) is 0 Å². The van der Waals surface area contributed by atoms with E-state index in [0.29, 0.717) is 23.2 Å². The third-order valence-electron chi connectivity index (χ3n) is 5.99. The number of carbonyl (C=O) groups is 2. The van der Waals surface area contributed by atoms with E-state index in [1.54, 1.807) is 20.8 Å². The van der Waals surface area contributed by atoms with Gasteiger partial charge in [0.05, 0.1) is 31.1 Å². The highest BCUT2D eigenvalue weighted by Gasteiger charge is 2.50. The van der Waals surface area contributed by atoms with Crippen LogP contribution in [-0.4, -0.2) is 57.8 Å². The summed E-state index contributed by atoms with van der Waals surface area (Å²) in [5, 5.41) is 10.9. The molecule has 3 heterocycles. The van der Waals surface area contributed by atoms with E-state index in [0.717, 1.165) is 12.1 Å². The van der Waals surface area contributed by atoms with Gasteiger partial charge in [0.15, 0.2) is 5.60 Å². The maximum absolute atomic E-state index is 14.6. The van der Waals surface area contributed by atoms with E-state index in [2.05, 4.69) is 4.98 Å². The van der Waals surface area contributed by atoms with E-state index in [9.17, 15) is 23.5 Å². The van der Waals surface area contributed by atoms with Crippen molar-refractivity contribution in [3.63, 3.8) is 0 Å². The van der Waals surface area contributed by atoms with Crippen molar-refractivity contribution in [3.8, 4) is 11.1 Å². The highest BCUT2D eigenvalue weighted by molar-refractivity contribution is 5.90. The van der Waals surface area contributed by atoms with E-state index < -0.39 is 34.7 Å². The van der Waals surface area contributed by atoms with Gasteiger partial charge in [-0.25, -0.2) is 18.6 Å². The van der Waals surface area contributed by atoms with Gasteiger partial charge in [-0.05, 0) is 56.5 Å². The first-order chi connectivity index (χ1) is 15.5. The van der Waals surface area contributed by atoms with E-state index in [1.165, 1.54) is 17.0 Å². The Kier molecular flexibility index (Phi) is 5.96. The standard InChI is InChI=1S/C24H26F2N2O5/c1-4-32-21(29)19-10-17(15-6-5-14(25)9-18(15)26)16-7-8-28(11-20(16)27-19)22(30)24(31)12-23(2,3)33-13-24/h5-6,9-10,31H,4,7-8,11-13H2,1-3H3. The number of fused-ring (bicyclic) bond motifs is 1. The summed E-state index contributed by atoms with van der Waals surface area (Å²) in [5.41, 5.74) is -0.714. The van der Waals surface area contributed by atoms with Crippen LogP contribution in [0.4, 0.5) is 8.78 Å². The smallest absolute Gasteiger partial charge is 0.356 e. The maximum atomic E-state index is 14.6. The number of aliphatic hydroxyl groups is 1. The van der Waals surface area contributed by atoms with Crippen LogP contribution in [-0.2, 0) is 27.2 Å². The van der Waals surface area contributed by atoms with Crippen LogP contribution in [0.25, 0.3) is 11.1 Å². The molecule has 1 unspecified atom stereocenters. The fourth-order valence-corrected chi connectivity index (χ4v) is 4.52. The lowest BCUT2D eigenvalue weighted by atomic mass is 9.90. The Morgan fingerprint density at radius 1 is 1.24 bits per heavy atom. The average Bonchev–Trinajstić information content (AvgIpc) is 3.06. The predicted molar refractivity (Wildman–Crippen MR) is 114 cm³/mol. The number of pyridine rings is 1. The number of halogens is 2. The quantitative estimate of drug-likeness (QED) is 0.706. The van der Waals surface area contributed by atoms with Crippen LogP contribution in [0.15, 0.2) is 24.3 Å². The van der Waals surface area contributed by atoms with Gasteiger partial charge in [-0.15, -0.1) is 0 Å². The zero-order valence-electron chi connectivity index (χ0n) is 18.8. The molecule has 2 aliphatic heterocycles. The fraction of sp³-hybridized carbons (Fsp3) is 0.458. The number of aromatic nitrogens is 1. The molecule has 1 aromatic heterocycles. The Labute approximate surface area is 190 Å². The summed E-state index contributed by atoms with van der Waals surface area (Å²) in [6.45, 7) is 5.59. The maximum Gasteiger partial charge on any atom is 0.356 e. The van der Waals surface area contributed by atoms with Gasteiger partial charge in [-0.3, -0.25) is 4.79 Å². The van der Waals surface area contributed by atoms with E-state index >= 15 is 0 Å². The molecule has 176 valence electrons. The highest BCUT2D eigenvalue weighted by Crippen LogP contribution is 2.36. The normalized spacial score (nSPS) is 21.6. The molecule has 0 spiro atoms. The molecule has 1 amide bonds. The van der Waals surface area contributed by atoms with Crippen LogP contribution in [0.3, 0.4) is 0 Å². The highest BCUT2D eigenvalue weighted by atomic mass is 19.1. The van der Waals surface area contributed by atoms with E-state index in [-0.39, 0.29) is 44.0 Å². The molecule has 2 aromatic rings. The zero-order chi connectivity index (χ0) is 24.0. The monoisotopic (exact) mass is 460 g/mol. The van der Waals surface area contributed by atoms with Gasteiger partial charge in [0.2, 0.25) is 0 Å². The Morgan fingerprint density at radius 3 is 2.64 bits per heavy atom. The van der Waals surface area contributed by atoms with Gasteiger partial charge in [-0.1, -0.05) is 0 Å². The number of esters is 1. The predicted octanol–water partition coefficient (Wildman–Crippen LogP) is 3.02. The van der Waals surface area contributed by atoms with Gasteiger partial charge < -0.3 is 19.5 Å². The number of carbonyl (C=O) groups excluding carboxylic acids is 2. The molecular formula is C24H26F2N2O5. The van der Waals surface area contributed by atoms with Crippen molar-refractivity contribution in [2.75, 3.05) is 19.8 Å². The number of nitrogens with zero attached hydrogens (tertiary/aromatic N) is 2. The van der Waals surface area contributed by atoms with Gasteiger partial charge in [0.1, 0.15) is 17.3 Å². The molecule has 1 atom stereocenters. The van der Waals surface area contributed by atoms with Crippen LogP contribution in [0.2, 0.25) is 0 Å². The van der Waals surface area contributed by atoms with Crippen molar-refractivity contribution in [2.24, 2.45) is 0 Å². The number of rotatable bonds is 4. The molecule has 0 aliphatic carbocycles. The molecule has 0 radical (unpaired) electrons. The number of hydrogen-bond donors (Lipinski definition) is 1. The van der Waals surface area contributed by atoms with Crippen LogP contribution < -0.4 is 0 Å². The second-order valence-electron chi connectivity index (χ2n) is 9.06. The summed E-state index contributed by atoms with van der Waals surface area (Å²) in [5.74, 6) is -2.64. The van der Waals surface area contributed by atoms with Crippen molar-refractivity contribution in [2.45, 2.75) is 51.4 Å². The first kappa shape index (κ1) is 23.3. The molecule has 0 bridgehead atoms. The number of ether oxygens (including phenoxy) is 2. The number of hydrogen-bond acceptors (Lipinski definition) is 6. The van der Waals surface area contributed by atoms with Crippen LogP contribution in [0, 0.1) is 11.6 Å². The lowest BCUT2D eigenvalue weighted by Crippen LogP contribution is -2.51. The number of amides is 1. The molecule has 0 saturated carbocycles. The summed E-state index contributed by atoms with van der Waals surface area (Å²) >= 11 is 0. The number of benzene rings is 1. The minimum absolute atomic E-state index is 0.0277. The minimum atomic E-state index is -1.65. The van der Waals surface area contributed by atoms with Gasteiger partial charge in [0.25, 0.3) is 5.91 Å². The van der Waals surface area contributed by atoms with Crippen molar-refractivity contribution >= 4 is 11.9 Å². The average molecular weight is 460 g/mol. The van der Waals surface area contributed by atoms with Crippen LogP contribution in [0.5, 0.6) is 0 Å². The molecule has 9 heteroatoms. The van der Waals surface area contributed by atoms with Gasteiger partial charge in [-0.2, -0.15) is 0 Å². The Hall–Kier alpha value is -2.91. The lowest BCUT2D eigenvalue weighted by molar-refractivity contribution is -0.152. The van der Waals surface area contributed by atoms with Crippen molar-refractivity contribution in [1.82, 2.24) is 9.88 Å². The fourth-order valence-electron chi connectivity index (χ4n) is 4.52. The topological polar surface area (TPSA) is 89.0 Å². The Morgan fingerprint density at radius 2 is 2.00 bits per heavy atom. The summed E-state index contributed by atoms with van der Waals surface area (Å²) < 4.78 is 38.7. The van der Waals surface area contributed by atoms with Crippen molar-refractivity contribution in [3.05, 3.63) is 52.9 Å². The second-order valence-corrected chi connectivity index (χ2v) is 9.06. The SMILES string of the molecule is CCOC(=O)c1cc(-c2ccc(F)cc2F)c2c(n1)CN(C(=O)C1(O)COC(C)(C)C1)CC2. The molecule has 7 nitrogen and oxygen atoms in total. The Balaban J connectivity index is 1.73. The lowest BCUT2D eigenvalue weighted by Gasteiger charge is -2.34.